The van der Waals surface area contributed by atoms with Crippen molar-refractivity contribution in [1.82, 2.24) is 0 Å². The molecule has 0 aliphatic heterocycles. The van der Waals surface area contributed by atoms with Gasteiger partial charge in [-0.2, -0.15) is 0 Å². The molecule has 10 heteroatoms. The fourth-order valence-corrected chi connectivity index (χ4v) is 6.01. The number of phosphoric acid groups is 1. The van der Waals surface area contributed by atoms with Crippen LogP contribution in [0.5, 0.6) is 0 Å². The van der Waals surface area contributed by atoms with Crippen LogP contribution < -0.4 is 4.89 Å². The van der Waals surface area contributed by atoms with Gasteiger partial charge in [-0.1, -0.05) is 152 Å². The Morgan fingerprint density at radius 2 is 1.06 bits per heavy atom. The fraction of sp³-hybridized carbons (Fsp3) is 0.727. The van der Waals surface area contributed by atoms with Crippen molar-refractivity contribution in [2.45, 2.75) is 161 Å². The molecule has 0 aromatic rings. The van der Waals surface area contributed by atoms with Gasteiger partial charge in [0.25, 0.3) is 7.82 Å². The molecule has 0 aliphatic carbocycles. The first kappa shape index (κ1) is 51.7. The van der Waals surface area contributed by atoms with Crippen LogP contribution in [0.15, 0.2) is 60.8 Å². The van der Waals surface area contributed by atoms with E-state index in [0.29, 0.717) is 23.9 Å². The summed E-state index contributed by atoms with van der Waals surface area (Å²) in [6.45, 7) is 4.03. The van der Waals surface area contributed by atoms with Crippen LogP contribution in [-0.2, 0) is 32.7 Å². The number of esters is 2. The largest absolute Gasteiger partial charge is 0.756 e. The topological polar surface area (TPSA) is 111 Å². The standard InChI is InChI=1S/C44H78NO8P/c1-6-8-10-12-14-16-18-20-21-22-23-25-27-29-31-33-35-37-44(47)53-42(41-52-54(48,49)51-39-38-45(3,4)5)40-50-43(46)36-34-32-30-28-26-24-19-17-15-13-11-9-7-2/h8,10,14,16,20-21,23,25,29,31,42H,6-7,9,11-13,15,17-19,22,24,26-28,30,32-41H2,1-5H3/b10-8-,16-14-,21-20-,25-23-,31-29-. The number of allylic oxidation sites excluding steroid dienone is 10. The molecular formula is C44H78NO8P. The average molecular weight is 780 g/mol. The lowest BCUT2D eigenvalue weighted by Gasteiger charge is -2.28. The minimum atomic E-state index is -4.64. The molecule has 0 amide bonds. The molecule has 0 rings (SSSR count). The Bertz CT molecular complexity index is 1110. The molecule has 0 heterocycles. The predicted octanol–water partition coefficient (Wildman–Crippen LogP) is 11.1. The summed E-state index contributed by atoms with van der Waals surface area (Å²) in [7, 11) is 1.12. The molecule has 0 spiro atoms. The smallest absolute Gasteiger partial charge is 0.306 e. The zero-order valence-electron chi connectivity index (χ0n) is 34.9. The fourth-order valence-electron chi connectivity index (χ4n) is 5.28. The number of carbonyl (C=O) groups is 2. The molecule has 0 radical (unpaired) electrons. The quantitative estimate of drug-likeness (QED) is 0.0201. The van der Waals surface area contributed by atoms with Crippen molar-refractivity contribution in [3.8, 4) is 0 Å². The van der Waals surface area contributed by atoms with E-state index in [-0.39, 0.29) is 26.1 Å². The zero-order chi connectivity index (χ0) is 40.0. The van der Waals surface area contributed by atoms with E-state index in [1.807, 2.05) is 27.2 Å². The summed E-state index contributed by atoms with van der Waals surface area (Å²) >= 11 is 0. The maximum atomic E-state index is 12.6. The van der Waals surface area contributed by atoms with Gasteiger partial charge < -0.3 is 27.9 Å². The maximum Gasteiger partial charge on any atom is 0.306 e. The van der Waals surface area contributed by atoms with E-state index >= 15 is 0 Å². The van der Waals surface area contributed by atoms with Gasteiger partial charge in [0.05, 0.1) is 27.7 Å². The molecule has 2 atom stereocenters. The number of hydrogen-bond acceptors (Lipinski definition) is 8. The van der Waals surface area contributed by atoms with Crippen LogP contribution in [0.3, 0.4) is 0 Å². The lowest BCUT2D eigenvalue weighted by atomic mass is 10.0. The van der Waals surface area contributed by atoms with Gasteiger partial charge in [-0.3, -0.25) is 14.2 Å². The molecule has 9 nitrogen and oxygen atoms in total. The summed E-state index contributed by atoms with van der Waals surface area (Å²) in [6.07, 6.45) is 42.5. The number of hydrogen-bond donors (Lipinski definition) is 0. The third-order valence-corrected chi connectivity index (χ3v) is 9.52. The second-order valence-electron chi connectivity index (χ2n) is 15.0. The number of nitrogens with zero attached hydrogens (tertiary/aromatic N) is 1. The summed E-state index contributed by atoms with van der Waals surface area (Å²) in [5.41, 5.74) is 0. The summed E-state index contributed by atoms with van der Waals surface area (Å²) in [6, 6.07) is 0. The summed E-state index contributed by atoms with van der Waals surface area (Å²) in [4.78, 5) is 37.4. The van der Waals surface area contributed by atoms with Gasteiger partial charge in [-0.25, -0.2) is 0 Å². The molecule has 0 aliphatic rings. The van der Waals surface area contributed by atoms with Crippen LogP contribution in [0.2, 0.25) is 0 Å². The summed E-state index contributed by atoms with van der Waals surface area (Å²) < 4.78 is 33.8. The van der Waals surface area contributed by atoms with E-state index in [9.17, 15) is 19.0 Å². The number of carbonyl (C=O) groups excluding carboxylic acids is 2. The number of ether oxygens (including phenoxy) is 2. The number of unbranched alkanes of at least 4 members (excludes halogenated alkanes) is 13. The lowest BCUT2D eigenvalue weighted by molar-refractivity contribution is -0.870. The van der Waals surface area contributed by atoms with Gasteiger partial charge >= 0.3 is 11.9 Å². The third-order valence-electron chi connectivity index (χ3n) is 8.55. The molecule has 0 bridgehead atoms. The summed E-state index contributed by atoms with van der Waals surface area (Å²) in [5.74, 6) is -0.905. The Balaban J connectivity index is 4.50. The number of phosphoric ester groups is 1. The van der Waals surface area contributed by atoms with Crippen LogP contribution >= 0.6 is 7.82 Å². The molecule has 0 aromatic heterocycles. The van der Waals surface area contributed by atoms with E-state index in [0.717, 1.165) is 51.4 Å². The monoisotopic (exact) mass is 780 g/mol. The van der Waals surface area contributed by atoms with E-state index < -0.39 is 32.5 Å². The third kappa shape index (κ3) is 39.4. The van der Waals surface area contributed by atoms with Crippen molar-refractivity contribution in [2.24, 2.45) is 0 Å². The molecular weight excluding hydrogens is 701 g/mol. The highest BCUT2D eigenvalue weighted by atomic mass is 31.2. The van der Waals surface area contributed by atoms with Gasteiger partial charge in [-0.05, 0) is 51.4 Å². The van der Waals surface area contributed by atoms with E-state index in [1.54, 1.807) is 0 Å². The molecule has 312 valence electrons. The van der Waals surface area contributed by atoms with Crippen molar-refractivity contribution in [3.63, 3.8) is 0 Å². The molecule has 0 N–H and O–H groups in total. The van der Waals surface area contributed by atoms with Gasteiger partial charge in [-0.15, -0.1) is 0 Å². The first-order valence-corrected chi connectivity index (χ1v) is 22.5. The van der Waals surface area contributed by atoms with Crippen molar-refractivity contribution >= 4 is 19.8 Å². The lowest BCUT2D eigenvalue weighted by Crippen LogP contribution is -2.37. The summed E-state index contributed by atoms with van der Waals surface area (Å²) in [5, 5.41) is 0. The second kappa shape index (κ2) is 36.4. The molecule has 0 fully saturated rings. The van der Waals surface area contributed by atoms with Crippen molar-refractivity contribution in [1.29, 1.82) is 0 Å². The minimum absolute atomic E-state index is 0.0430. The number of rotatable bonds is 37. The van der Waals surface area contributed by atoms with E-state index in [4.69, 9.17) is 18.5 Å². The van der Waals surface area contributed by atoms with Gasteiger partial charge in [0, 0.05) is 12.8 Å². The van der Waals surface area contributed by atoms with E-state index in [2.05, 4.69) is 68.5 Å². The average Bonchev–Trinajstić information content (AvgIpc) is 3.12. The van der Waals surface area contributed by atoms with Crippen LogP contribution in [0, 0.1) is 0 Å². The highest BCUT2D eigenvalue weighted by Crippen LogP contribution is 2.38. The first-order chi connectivity index (χ1) is 26.0. The highest BCUT2D eigenvalue weighted by molar-refractivity contribution is 7.45. The molecule has 0 saturated carbocycles. The Labute approximate surface area is 330 Å². The molecule has 2 unspecified atom stereocenters. The van der Waals surface area contributed by atoms with Crippen molar-refractivity contribution in [3.05, 3.63) is 60.8 Å². The van der Waals surface area contributed by atoms with Crippen LogP contribution in [0.1, 0.15) is 155 Å². The molecule has 0 saturated heterocycles. The normalized spacial score (nSPS) is 14.3. The van der Waals surface area contributed by atoms with Gasteiger partial charge in [0.1, 0.15) is 19.8 Å². The molecule has 54 heavy (non-hydrogen) atoms. The SMILES string of the molecule is CC/C=C\C/C=C\C/C=C\C/C=C\C/C=C\CCCC(=O)OC(COC(=O)CCCCCCCCCCCCCCC)COP(=O)([O-])OCC[N+](C)(C)C. The number of quaternary nitrogens is 1. The Kier molecular flexibility index (Phi) is 34.8. The first-order valence-electron chi connectivity index (χ1n) is 21.0. The Morgan fingerprint density at radius 3 is 1.56 bits per heavy atom. The van der Waals surface area contributed by atoms with Crippen LogP contribution in [0.4, 0.5) is 0 Å². The highest BCUT2D eigenvalue weighted by Gasteiger charge is 2.21. The minimum Gasteiger partial charge on any atom is -0.756 e. The Hall–Kier alpha value is -2.29. The van der Waals surface area contributed by atoms with Gasteiger partial charge in [0.15, 0.2) is 6.10 Å². The van der Waals surface area contributed by atoms with Crippen molar-refractivity contribution in [2.75, 3.05) is 47.5 Å². The maximum absolute atomic E-state index is 12.6. The predicted molar refractivity (Wildman–Crippen MR) is 222 cm³/mol. The Morgan fingerprint density at radius 1 is 0.593 bits per heavy atom. The van der Waals surface area contributed by atoms with Gasteiger partial charge in [0.2, 0.25) is 0 Å². The number of likely N-dealkylation sites (N-methyl/N-ethyl adjacent to an activating group) is 1. The molecule has 0 aromatic carbocycles. The van der Waals surface area contributed by atoms with Crippen LogP contribution in [0.25, 0.3) is 0 Å². The van der Waals surface area contributed by atoms with Crippen LogP contribution in [-0.4, -0.2) is 70.0 Å². The zero-order valence-corrected chi connectivity index (χ0v) is 35.8. The van der Waals surface area contributed by atoms with E-state index in [1.165, 1.54) is 64.2 Å². The second-order valence-corrected chi connectivity index (χ2v) is 16.4. The van der Waals surface area contributed by atoms with Crippen molar-refractivity contribution < 1.29 is 42.1 Å².